The number of carbonyl (C=O) groups is 4. The number of esters is 4. The second-order valence-corrected chi connectivity index (χ2v) is 14.1. The Balaban J connectivity index is 0.000000201. The summed E-state index contributed by atoms with van der Waals surface area (Å²) in [6, 6.07) is 83.3. The van der Waals surface area contributed by atoms with E-state index < -0.39 is 23.9 Å². The van der Waals surface area contributed by atoms with E-state index in [9.17, 15) is 19.2 Å². The first-order valence-corrected chi connectivity index (χ1v) is 20.4. The summed E-state index contributed by atoms with van der Waals surface area (Å²) >= 11 is 0. The van der Waals surface area contributed by atoms with Crippen molar-refractivity contribution in [2.75, 3.05) is 28.4 Å². The highest BCUT2D eigenvalue weighted by molar-refractivity contribution is 5.97. The summed E-state index contributed by atoms with van der Waals surface area (Å²) in [6.45, 7) is 0. The van der Waals surface area contributed by atoms with Crippen LogP contribution in [0.5, 0.6) is 0 Å². The van der Waals surface area contributed by atoms with E-state index in [0.717, 1.165) is 0 Å². The van der Waals surface area contributed by atoms with Crippen molar-refractivity contribution in [2.45, 2.75) is 0 Å². The van der Waals surface area contributed by atoms with Crippen molar-refractivity contribution in [3.63, 3.8) is 0 Å². The maximum Gasteiger partial charge on any atom is 0.337 e. The minimum absolute atomic E-state index is 0.382. The van der Waals surface area contributed by atoms with Crippen molar-refractivity contribution >= 4 is 88.5 Å². The third-order valence-corrected chi connectivity index (χ3v) is 9.86. The number of hydrogen-bond acceptors (Lipinski definition) is 8. The van der Waals surface area contributed by atoms with Crippen LogP contribution in [0.2, 0.25) is 0 Å². The lowest BCUT2D eigenvalue weighted by Crippen LogP contribution is -2.00. The first-order chi connectivity index (χ1) is 33.2. The van der Waals surface area contributed by atoms with Gasteiger partial charge in [-0.15, -0.1) is 0 Å². The standard InChI is InChI=1S/2C30H16O4/c2*1-33-29(31)27-17-13-23-9-5-6-10-24-14-18-28(30(32)34-2)20-26(24)16-12-22-8-4-3-7-21(22)11-15-25(23)19-27/h2*3-4,7-8,13-14,17-20H,1-2H3. The van der Waals surface area contributed by atoms with Gasteiger partial charge in [0.25, 0.3) is 0 Å². The van der Waals surface area contributed by atoms with Crippen LogP contribution in [-0.2, 0) is 18.9 Å². The molecule has 0 bridgehead atoms. The Labute approximate surface area is 394 Å². The summed E-state index contributed by atoms with van der Waals surface area (Å²) in [4.78, 5) is 47.9. The van der Waals surface area contributed by atoms with Crippen molar-refractivity contribution in [1.82, 2.24) is 0 Å². The second-order valence-electron chi connectivity index (χ2n) is 14.1. The average Bonchev–Trinajstić information content (AvgIpc) is 3.38. The highest BCUT2D eigenvalue weighted by atomic mass is 16.5. The van der Waals surface area contributed by atoms with Crippen LogP contribution in [0.4, 0.5) is 0 Å². The first kappa shape index (κ1) is 45.7. The monoisotopic (exact) mass is 880 g/mol. The van der Waals surface area contributed by atoms with Gasteiger partial charge in [-0.2, -0.15) is 0 Å². The van der Waals surface area contributed by atoms with Gasteiger partial charge in [0.15, 0.2) is 0 Å². The number of benzene rings is 6. The third kappa shape index (κ3) is 11.2. The maximum atomic E-state index is 12.0. The van der Waals surface area contributed by atoms with Crippen LogP contribution in [0.15, 0.2) is 121 Å². The summed E-state index contributed by atoms with van der Waals surface area (Å²) in [5.74, 6) is -1.81. The Morgan fingerprint density at radius 1 is 0.265 bits per heavy atom. The van der Waals surface area contributed by atoms with Crippen LogP contribution < -0.4 is 0 Å². The fourth-order valence-electron chi connectivity index (χ4n) is 6.34. The van der Waals surface area contributed by atoms with Crippen molar-refractivity contribution in [3.8, 4) is 0 Å². The molecular weight excluding hydrogens is 849 g/mol. The quantitative estimate of drug-likeness (QED) is 0.127. The molecule has 8 rings (SSSR count). The van der Waals surface area contributed by atoms with Gasteiger partial charge in [-0.1, -0.05) is 97.1 Å². The summed E-state index contributed by atoms with van der Waals surface area (Å²) in [6.07, 6.45) is 0. The van der Waals surface area contributed by atoms with Gasteiger partial charge in [-0.25, -0.2) is 19.2 Å². The first-order valence-electron chi connectivity index (χ1n) is 20.4. The molecule has 0 aliphatic rings. The molecule has 68 heavy (non-hydrogen) atoms. The number of hydrogen-bond donors (Lipinski definition) is 0. The smallest absolute Gasteiger partial charge is 0.337 e. The van der Waals surface area contributed by atoms with Crippen molar-refractivity contribution < 1.29 is 38.1 Å². The molecule has 8 aromatic rings. The van der Waals surface area contributed by atoms with Gasteiger partial charge >= 0.3 is 23.9 Å². The van der Waals surface area contributed by atoms with E-state index in [4.69, 9.17) is 18.9 Å². The van der Waals surface area contributed by atoms with Gasteiger partial charge in [-0.3, -0.25) is 0 Å². The molecule has 0 aromatic heterocycles. The summed E-state index contributed by atoms with van der Waals surface area (Å²) < 4.78 is 19.3. The fraction of sp³-hybridized carbons (Fsp3) is 0.0667. The topological polar surface area (TPSA) is 105 Å². The van der Waals surface area contributed by atoms with Crippen molar-refractivity contribution in [1.29, 1.82) is 0 Å². The van der Waals surface area contributed by atoms with E-state index in [1.807, 2.05) is 48.5 Å². The fourth-order valence-corrected chi connectivity index (χ4v) is 6.34. The molecule has 0 fully saturated rings. The molecule has 0 heterocycles. The van der Waals surface area contributed by atoms with Gasteiger partial charge in [0.05, 0.1) is 50.7 Å². The lowest BCUT2D eigenvalue weighted by atomic mass is 10.1. The average molecular weight is 881 g/mol. The lowest BCUT2D eigenvalue weighted by Gasteiger charge is -1.98. The summed E-state index contributed by atoms with van der Waals surface area (Å²) in [7, 11) is 5.32. The van der Waals surface area contributed by atoms with Crippen molar-refractivity contribution in [2.24, 2.45) is 0 Å². The molecule has 0 saturated carbocycles. The highest BCUT2D eigenvalue weighted by Gasteiger charge is 2.08. The molecule has 0 N–H and O–H groups in total. The normalized spacial score (nSPS) is 9.35. The number of methoxy groups -OCH3 is 4. The largest absolute Gasteiger partial charge is 0.465 e. The molecule has 0 aliphatic heterocycles. The minimum Gasteiger partial charge on any atom is -0.465 e. The molecule has 320 valence electrons. The van der Waals surface area contributed by atoms with E-state index in [-0.39, 0.29) is 0 Å². The molecule has 0 radical (unpaired) electrons. The second kappa shape index (κ2) is 21.8. The Morgan fingerprint density at radius 3 is 0.662 bits per heavy atom. The van der Waals surface area contributed by atoms with Gasteiger partial charge < -0.3 is 18.9 Å². The van der Waals surface area contributed by atoms with Crippen molar-refractivity contribution in [3.05, 3.63) is 241 Å². The minimum atomic E-state index is -0.453. The number of ether oxygens (including phenoxy) is 4. The number of rotatable bonds is 4. The van der Waals surface area contributed by atoms with Gasteiger partial charge in [0.1, 0.15) is 0 Å². The van der Waals surface area contributed by atoms with E-state index in [1.165, 1.54) is 28.4 Å². The van der Waals surface area contributed by atoms with Gasteiger partial charge in [0, 0.05) is 64.6 Å². The van der Waals surface area contributed by atoms with Gasteiger partial charge in [0.2, 0.25) is 0 Å². The van der Waals surface area contributed by atoms with E-state index in [1.54, 1.807) is 72.8 Å². The van der Waals surface area contributed by atoms with E-state index >= 15 is 0 Å². The molecule has 0 atom stereocenters. The number of carbonyl (C=O) groups excluding carboxylic acids is 4. The third-order valence-electron chi connectivity index (χ3n) is 9.86. The summed E-state index contributed by atoms with van der Waals surface area (Å²) in [5.41, 5.74) is 1.53. The molecular formula is C60H32O8. The molecule has 8 heteroatoms. The Bertz CT molecular complexity index is 3040. The van der Waals surface area contributed by atoms with Crippen LogP contribution in [0.25, 0.3) is 64.6 Å². The molecule has 0 amide bonds. The van der Waals surface area contributed by atoms with Crippen LogP contribution >= 0.6 is 0 Å². The van der Waals surface area contributed by atoms with E-state index in [0.29, 0.717) is 86.9 Å². The lowest BCUT2D eigenvalue weighted by molar-refractivity contribution is 0.0592. The predicted octanol–water partition coefficient (Wildman–Crippen LogP) is 10.7. The van der Waals surface area contributed by atoms with Crippen LogP contribution in [0.3, 0.4) is 0 Å². The Morgan fingerprint density at radius 2 is 0.456 bits per heavy atom. The van der Waals surface area contributed by atoms with Crippen LogP contribution in [0.1, 0.15) is 41.4 Å². The molecule has 0 unspecified atom stereocenters. The molecule has 8 nitrogen and oxygen atoms in total. The molecule has 8 aromatic carbocycles. The zero-order valence-corrected chi connectivity index (χ0v) is 36.8. The van der Waals surface area contributed by atoms with Crippen LogP contribution in [-0.4, -0.2) is 52.3 Å². The SMILES string of the molecule is COC(=O)c1ccc2c#cc#cc3ccc(C(=O)OC)cc3c#cc3ccccc3c#cc2c1.COC(=O)c1ccc2c#cc#cc3ccc(C(=O)OC)cc3c#cc3ccccc3c#cc2c1. The number of fused-ring (bicyclic) bond motifs is 6. The zero-order valence-electron chi connectivity index (χ0n) is 36.8. The van der Waals surface area contributed by atoms with Gasteiger partial charge in [-0.05, 0) is 121 Å². The predicted molar refractivity (Wildman–Crippen MR) is 255 cm³/mol. The maximum absolute atomic E-state index is 12.0. The Hall–Kier alpha value is -10.3. The molecule has 0 aliphatic carbocycles. The highest BCUT2D eigenvalue weighted by Crippen LogP contribution is 2.17. The molecule has 0 spiro atoms. The van der Waals surface area contributed by atoms with E-state index in [2.05, 4.69) is 97.1 Å². The Kier molecular flexibility index (Phi) is 14.7. The molecule has 0 saturated heterocycles. The van der Waals surface area contributed by atoms with Crippen LogP contribution in [0, 0.1) is 97.1 Å². The summed E-state index contributed by atoms with van der Waals surface area (Å²) in [5, 5.41) is 7.73. The zero-order chi connectivity index (χ0) is 47.8.